The largest absolute Gasteiger partial charge is 0.0806 e. The van der Waals surface area contributed by atoms with Crippen molar-refractivity contribution in [2.24, 2.45) is 0 Å². The molecule has 1 radical (unpaired) electrons. The van der Waals surface area contributed by atoms with E-state index in [1.807, 2.05) is 0 Å². The summed E-state index contributed by atoms with van der Waals surface area (Å²) in [6, 6.07) is 0. The van der Waals surface area contributed by atoms with Gasteiger partial charge in [0.2, 0.25) is 0 Å². The number of hydrogen-bond acceptors (Lipinski definition) is 0. The first-order valence-corrected chi connectivity index (χ1v) is 3.95. The first kappa shape index (κ1) is 6.85. The second kappa shape index (κ2) is 3.71. The lowest BCUT2D eigenvalue weighted by atomic mass is 10.1. The van der Waals surface area contributed by atoms with Gasteiger partial charge < -0.3 is 0 Å². The maximum Gasteiger partial charge on any atom is -0.0133 e. The highest BCUT2D eigenvalue weighted by atomic mass is 14.1. The highest BCUT2D eigenvalue weighted by Gasteiger charge is 2.05. The summed E-state index contributed by atoms with van der Waals surface area (Å²) in [4.78, 5) is 0. The van der Waals surface area contributed by atoms with Crippen LogP contribution >= 0.6 is 0 Å². The lowest BCUT2D eigenvalue weighted by Crippen LogP contribution is -1.75. The first-order chi connectivity index (χ1) is 4.43. The van der Waals surface area contributed by atoms with Crippen LogP contribution in [-0.4, -0.2) is 0 Å². The van der Waals surface area contributed by atoms with E-state index < -0.39 is 0 Å². The van der Waals surface area contributed by atoms with Gasteiger partial charge >= 0.3 is 0 Å². The molecule has 0 nitrogen and oxygen atoms in total. The van der Waals surface area contributed by atoms with Crippen molar-refractivity contribution in [1.82, 2.24) is 0 Å². The lowest BCUT2D eigenvalue weighted by Gasteiger charge is -1.93. The van der Waals surface area contributed by atoms with Crippen LogP contribution in [-0.2, 0) is 0 Å². The molecule has 0 bridgehead atoms. The molecular weight excluding hydrogens is 108 g/mol. The average Bonchev–Trinajstić information content (AvgIpc) is 2.63. The minimum atomic E-state index is 1.27. The smallest absolute Gasteiger partial charge is 0.0133 e. The molecule has 0 spiro atoms. The topological polar surface area (TPSA) is 0 Å². The van der Waals surface area contributed by atoms with Gasteiger partial charge in [0.05, 0.1) is 0 Å². The fourth-order valence-corrected chi connectivity index (χ4v) is 0.907. The van der Waals surface area contributed by atoms with Crippen molar-refractivity contribution >= 4 is 0 Å². The molecule has 0 aromatic carbocycles. The normalized spacial score (nSPS) is 15.4. The van der Waals surface area contributed by atoms with Crippen molar-refractivity contribution in [1.29, 1.82) is 0 Å². The van der Waals surface area contributed by atoms with Crippen molar-refractivity contribution < 1.29 is 0 Å². The molecule has 0 atom stereocenters. The van der Waals surface area contributed by atoms with Crippen LogP contribution in [0.25, 0.3) is 0 Å². The molecule has 1 aliphatic rings. The standard InChI is InChI=1S/C9H15/c1-2-3-4-5-6-9-7-8-9/h6-7H,2-5,8H2,1H3. The third-order valence-corrected chi connectivity index (χ3v) is 1.65. The minimum absolute atomic E-state index is 1.27. The Morgan fingerprint density at radius 2 is 2.33 bits per heavy atom. The van der Waals surface area contributed by atoms with E-state index in [1.165, 1.54) is 32.1 Å². The molecule has 0 aromatic heterocycles. The quantitative estimate of drug-likeness (QED) is 0.493. The number of hydrogen-bond donors (Lipinski definition) is 0. The summed E-state index contributed by atoms with van der Waals surface area (Å²) in [5, 5.41) is 0. The molecule has 0 unspecified atom stereocenters. The minimum Gasteiger partial charge on any atom is -0.0806 e. The van der Waals surface area contributed by atoms with Gasteiger partial charge in [-0.1, -0.05) is 37.8 Å². The second-order valence-electron chi connectivity index (χ2n) is 2.68. The summed E-state index contributed by atoms with van der Waals surface area (Å²) in [5.74, 6) is 0. The van der Waals surface area contributed by atoms with Gasteiger partial charge in [-0.2, -0.15) is 0 Å². The molecule has 9 heavy (non-hydrogen) atoms. The predicted octanol–water partition coefficient (Wildman–Crippen LogP) is 3.10. The van der Waals surface area contributed by atoms with Gasteiger partial charge in [-0.25, -0.2) is 0 Å². The number of unbranched alkanes of at least 4 members (excludes halogenated alkanes) is 3. The SMILES string of the molecule is CCCCC[CH]C1=CC1. The molecule has 0 fully saturated rings. The van der Waals surface area contributed by atoms with Crippen molar-refractivity contribution in [3.05, 3.63) is 18.1 Å². The van der Waals surface area contributed by atoms with E-state index in [-0.39, 0.29) is 0 Å². The Morgan fingerprint density at radius 1 is 1.56 bits per heavy atom. The Hall–Kier alpha value is -0.260. The molecule has 0 N–H and O–H groups in total. The zero-order valence-corrected chi connectivity index (χ0v) is 6.19. The molecule has 0 saturated heterocycles. The second-order valence-corrected chi connectivity index (χ2v) is 2.68. The summed E-state index contributed by atoms with van der Waals surface area (Å²) >= 11 is 0. The Balaban J connectivity index is 1.76. The van der Waals surface area contributed by atoms with Crippen LogP contribution in [0.2, 0.25) is 0 Å². The highest BCUT2D eigenvalue weighted by molar-refractivity contribution is 5.29. The Bertz CT molecular complexity index is 101. The predicted molar refractivity (Wildman–Crippen MR) is 41.1 cm³/mol. The van der Waals surface area contributed by atoms with E-state index in [0.29, 0.717) is 0 Å². The Kier molecular flexibility index (Phi) is 2.82. The fraction of sp³-hybridized carbons (Fsp3) is 0.667. The van der Waals surface area contributed by atoms with Crippen LogP contribution < -0.4 is 0 Å². The summed E-state index contributed by atoms with van der Waals surface area (Å²) in [6.07, 6.45) is 11.3. The Morgan fingerprint density at radius 3 is 2.89 bits per heavy atom. The van der Waals surface area contributed by atoms with Gasteiger partial charge in [0.15, 0.2) is 0 Å². The van der Waals surface area contributed by atoms with Crippen LogP contribution in [0.4, 0.5) is 0 Å². The maximum atomic E-state index is 2.37. The summed E-state index contributed by atoms with van der Waals surface area (Å²) < 4.78 is 0. The molecule has 0 aliphatic heterocycles. The van der Waals surface area contributed by atoms with Gasteiger partial charge in [-0.05, 0) is 19.3 Å². The van der Waals surface area contributed by atoms with Gasteiger partial charge in [0.25, 0.3) is 0 Å². The van der Waals surface area contributed by atoms with Crippen LogP contribution in [0.1, 0.15) is 39.0 Å². The molecule has 0 saturated carbocycles. The van der Waals surface area contributed by atoms with Gasteiger partial charge in [-0.3, -0.25) is 0 Å². The monoisotopic (exact) mass is 123 g/mol. The third kappa shape index (κ3) is 3.34. The van der Waals surface area contributed by atoms with Crippen molar-refractivity contribution in [3.8, 4) is 0 Å². The molecule has 0 heteroatoms. The van der Waals surface area contributed by atoms with E-state index in [4.69, 9.17) is 0 Å². The maximum absolute atomic E-state index is 2.37. The van der Waals surface area contributed by atoms with Crippen molar-refractivity contribution in [2.45, 2.75) is 39.0 Å². The lowest BCUT2D eigenvalue weighted by molar-refractivity contribution is 0.715. The van der Waals surface area contributed by atoms with E-state index >= 15 is 0 Å². The summed E-state index contributed by atoms with van der Waals surface area (Å²) in [5.41, 5.74) is 1.58. The molecule has 1 aliphatic carbocycles. The average molecular weight is 123 g/mol. The van der Waals surface area contributed by atoms with E-state index in [9.17, 15) is 0 Å². The van der Waals surface area contributed by atoms with Gasteiger partial charge in [0, 0.05) is 0 Å². The number of allylic oxidation sites excluding steroid dienone is 2. The van der Waals surface area contributed by atoms with Crippen molar-refractivity contribution in [3.63, 3.8) is 0 Å². The molecule has 0 amide bonds. The van der Waals surface area contributed by atoms with Crippen LogP contribution in [0, 0.1) is 6.42 Å². The van der Waals surface area contributed by atoms with Crippen LogP contribution in [0.5, 0.6) is 0 Å². The molecule has 0 heterocycles. The van der Waals surface area contributed by atoms with E-state index in [1.54, 1.807) is 5.57 Å². The summed E-state index contributed by atoms with van der Waals surface area (Å²) in [6.45, 7) is 2.25. The van der Waals surface area contributed by atoms with Crippen LogP contribution in [0.15, 0.2) is 11.6 Å². The molecule has 1 rings (SSSR count). The molecule has 0 aromatic rings. The van der Waals surface area contributed by atoms with Crippen molar-refractivity contribution in [2.75, 3.05) is 0 Å². The summed E-state index contributed by atoms with van der Waals surface area (Å²) in [7, 11) is 0. The zero-order chi connectivity index (χ0) is 6.53. The highest BCUT2D eigenvalue weighted by Crippen LogP contribution is 2.23. The Labute approximate surface area is 58.0 Å². The van der Waals surface area contributed by atoms with Gasteiger partial charge in [0.1, 0.15) is 0 Å². The number of rotatable bonds is 5. The fourth-order valence-electron chi connectivity index (χ4n) is 0.907. The third-order valence-electron chi connectivity index (χ3n) is 1.65. The molecule has 51 valence electrons. The van der Waals surface area contributed by atoms with E-state index in [2.05, 4.69) is 19.4 Å². The van der Waals surface area contributed by atoms with Gasteiger partial charge in [-0.15, -0.1) is 0 Å². The van der Waals surface area contributed by atoms with Crippen LogP contribution in [0.3, 0.4) is 0 Å². The molecular formula is C9H15. The van der Waals surface area contributed by atoms with E-state index in [0.717, 1.165) is 0 Å². The zero-order valence-electron chi connectivity index (χ0n) is 6.19. The first-order valence-electron chi connectivity index (χ1n) is 3.95.